The zero-order chi connectivity index (χ0) is 11.0. The van der Waals surface area contributed by atoms with E-state index in [1.54, 1.807) is 18.2 Å². The largest absolute Gasteiger partial charge is 0.216 e. The molecule has 0 spiro atoms. The van der Waals surface area contributed by atoms with Gasteiger partial charge >= 0.3 is 0 Å². The van der Waals surface area contributed by atoms with Crippen LogP contribution in [0.1, 0.15) is 40.5 Å². The van der Waals surface area contributed by atoms with E-state index in [-0.39, 0.29) is 10.7 Å². The van der Waals surface area contributed by atoms with E-state index in [1.165, 1.54) is 0 Å². The van der Waals surface area contributed by atoms with E-state index in [0.29, 0.717) is 13.1 Å². The minimum absolute atomic E-state index is 0.196. The maximum absolute atomic E-state index is 11.9. The normalized spacial score (nSPS) is 30.1. The van der Waals surface area contributed by atoms with Crippen LogP contribution in [0.2, 0.25) is 0 Å². The molecule has 0 saturated carbocycles. The molecule has 0 aromatic carbocycles. The topological polar surface area (TPSA) is 37.4 Å². The minimum Gasteiger partial charge on any atom is -0.212 e. The van der Waals surface area contributed by atoms with Crippen LogP contribution in [-0.2, 0) is 10.0 Å². The van der Waals surface area contributed by atoms with Gasteiger partial charge in [0.05, 0.1) is 5.25 Å². The van der Waals surface area contributed by atoms with E-state index >= 15 is 0 Å². The van der Waals surface area contributed by atoms with Crippen molar-refractivity contribution in [3.63, 3.8) is 0 Å². The molecule has 1 aliphatic heterocycles. The van der Waals surface area contributed by atoms with Crippen LogP contribution >= 0.6 is 0 Å². The first-order chi connectivity index (χ1) is 6.32. The molecule has 1 aliphatic rings. The molecule has 1 rings (SSSR count). The summed E-state index contributed by atoms with van der Waals surface area (Å²) < 4.78 is 25.4. The molecule has 1 saturated heterocycles. The molecule has 0 aromatic heterocycles. The van der Waals surface area contributed by atoms with E-state index in [4.69, 9.17) is 0 Å². The Kier molecular flexibility index (Phi) is 3.26. The van der Waals surface area contributed by atoms with E-state index in [1.807, 2.05) is 0 Å². The molecular weight excluding hydrogens is 198 g/mol. The van der Waals surface area contributed by atoms with Crippen molar-refractivity contribution in [2.75, 3.05) is 13.1 Å². The number of hydrogen-bond donors (Lipinski definition) is 0. The summed E-state index contributed by atoms with van der Waals surface area (Å²) in [6.07, 6.45) is 2.05. The third-order valence-corrected chi connectivity index (χ3v) is 5.55. The van der Waals surface area contributed by atoms with Crippen molar-refractivity contribution in [2.45, 2.75) is 45.8 Å². The SMILES string of the molecule is CCC1(C)CCN(S(=O)(=O)C(C)C)C1. The Morgan fingerprint density at radius 2 is 2.00 bits per heavy atom. The van der Waals surface area contributed by atoms with Gasteiger partial charge in [0.1, 0.15) is 0 Å². The third kappa shape index (κ3) is 2.11. The summed E-state index contributed by atoms with van der Waals surface area (Å²) in [5.41, 5.74) is 0.196. The maximum Gasteiger partial charge on any atom is 0.216 e. The summed E-state index contributed by atoms with van der Waals surface area (Å²) >= 11 is 0. The van der Waals surface area contributed by atoms with Gasteiger partial charge in [-0.3, -0.25) is 0 Å². The van der Waals surface area contributed by atoms with Crippen LogP contribution in [0.15, 0.2) is 0 Å². The van der Waals surface area contributed by atoms with E-state index in [2.05, 4.69) is 13.8 Å². The van der Waals surface area contributed by atoms with Gasteiger partial charge in [-0.1, -0.05) is 13.8 Å². The van der Waals surface area contributed by atoms with Gasteiger partial charge in [0, 0.05) is 13.1 Å². The van der Waals surface area contributed by atoms with Gasteiger partial charge in [-0.25, -0.2) is 12.7 Å². The zero-order valence-corrected chi connectivity index (χ0v) is 10.4. The molecule has 1 fully saturated rings. The Hall–Kier alpha value is -0.0900. The molecule has 0 radical (unpaired) electrons. The summed E-state index contributed by atoms with van der Waals surface area (Å²) in [7, 11) is -3.02. The van der Waals surface area contributed by atoms with Crippen molar-refractivity contribution in [1.82, 2.24) is 4.31 Å². The number of rotatable bonds is 3. The van der Waals surface area contributed by atoms with Crippen molar-refractivity contribution < 1.29 is 8.42 Å². The number of nitrogens with zero attached hydrogens (tertiary/aromatic N) is 1. The van der Waals surface area contributed by atoms with Crippen LogP contribution in [0.5, 0.6) is 0 Å². The molecule has 1 unspecified atom stereocenters. The van der Waals surface area contributed by atoms with Gasteiger partial charge in [0.15, 0.2) is 0 Å². The Balaban J connectivity index is 2.77. The van der Waals surface area contributed by atoms with E-state index < -0.39 is 10.0 Å². The van der Waals surface area contributed by atoms with Gasteiger partial charge in [-0.15, -0.1) is 0 Å². The summed E-state index contributed by atoms with van der Waals surface area (Å²) in [4.78, 5) is 0. The molecule has 1 heterocycles. The maximum atomic E-state index is 11.9. The van der Waals surface area contributed by atoms with E-state index in [0.717, 1.165) is 12.8 Å². The fourth-order valence-electron chi connectivity index (χ4n) is 1.78. The van der Waals surface area contributed by atoms with Crippen molar-refractivity contribution in [3.05, 3.63) is 0 Å². The Labute approximate surface area is 87.5 Å². The highest BCUT2D eigenvalue weighted by Gasteiger charge is 2.38. The second kappa shape index (κ2) is 3.81. The second-order valence-corrected chi connectivity index (χ2v) is 7.33. The molecule has 0 aromatic rings. The van der Waals surface area contributed by atoms with Gasteiger partial charge in [0.25, 0.3) is 0 Å². The predicted molar refractivity (Wildman–Crippen MR) is 58.6 cm³/mol. The van der Waals surface area contributed by atoms with Gasteiger partial charge in [0.2, 0.25) is 10.0 Å². The highest BCUT2D eigenvalue weighted by Crippen LogP contribution is 2.34. The Bertz CT molecular complexity index is 297. The van der Waals surface area contributed by atoms with Crippen LogP contribution in [0.4, 0.5) is 0 Å². The van der Waals surface area contributed by atoms with Crippen LogP contribution in [0.25, 0.3) is 0 Å². The molecular formula is C10H21NO2S. The highest BCUT2D eigenvalue weighted by atomic mass is 32.2. The lowest BCUT2D eigenvalue weighted by Crippen LogP contribution is -2.35. The average molecular weight is 219 g/mol. The fraction of sp³-hybridized carbons (Fsp3) is 1.00. The van der Waals surface area contributed by atoms with Crippen LogP contribution < -0.4 is 0 Å². The lowest BCUT2D eigenvalue weighted by atomic mass is 9.87. The van der Waals surface area contributed by atoms with Gasteiger partial charge in [-0.05, 0) is 32.1 Å². The highest BCUT2D eigenvalue weighted by molar-refractivity contribution is 7.89. The van der Waals surface area contributed by atoms with Crippen molar-refractivity contribution in [3.8, 4) is 0 Å². The van der Waals surface area contributed by atoms with Gasteiger partial charge in [-0.2, -0.15) is 0 Å². The third-order valence-electron chi connectivity index (χ3n) is 3.33. The summed E-state index contributed by atoms with van der Waals surface area (Å²) in [6, 6.07) is 0. The van der Waals surface area contributed by atoms with Crippen LogP contribution in [0, 0.1) is 5.41 Å². The smallest absolute Gasteiger partial charge is 0.212 e. The number of hydrogen-bond acceptors (Lipinski definition) is 2. The molecule has 84 valence electrons. The van der Waals surface area contributed by atoms with Crippen molar-refractivity contribution >= 4 is 10.0 Å². The summed E-state index contributed by atoms with van der Waals surface area (Å²) in [5.74, 6) is 0. The first-order valence-electron chi connectivity index (χ1n) is 5.31. The van der Waals surface area contributed by atoms with Crippen LogP contribution in [-0.4, -0.2) is 31.1 Å². The first-order valence-corrected chi connectivity index (χ1v) is 6.81. The predicted octanol–water partition coefficient (Wildman–Crippen LogP) is 1.85. The standard InChI is InChI=1S/C10H21NO2S/c1-5-10(4)6-7-11(8-10)14(12,13)9(2)3/h9H,5-8H2,1-4H3. The Morgan fingerprint density at radius 3 is 2.36 bits per heavy atom. The molecule has 0 aliphatic carbocycles. The molecule has 3 nitrogen and oxygen atoms in total. The first kappa shape index (κ1) is 12.0. The van der Waals surface area contributed by atoms with Crippen molar-refractivity contribution in [1.29, 1.82) is 0 Å². The minimum atomic E-state index is -3.02. The molecule has 4 heteroatoms. The lowest BCUT2D eigenvalue weighted by molar-refractivity contribution is 0.326. The quantitative estimate of drug-likeness (QED) is 0.726. The number of sulfonamides is 1. The molecule has 0 bridgehead atoms. The van der Waals surface area contributed by atoms with Gasteiger partial charge < -0.3 is 0 Å². The van der Waals surface area contributed by atoms with Crippen LogP contribution in [0.3, 0.4) is 0 Å². The molecule has 0 N–H and O–H groups in total. The summed E-state index contributed by atoms with van der Waals surface area (Å²) in [5, 5.41) is -0.290. The Morgan fingerprint density at radius 1 is 1.43 bits per heavy atom. The fourth-order valence-corrected chi connectivity index (χ4v) is 3.22. The average Bonchev–Trinajstić information content (AvgIpc) is 2.49. The second-order valence-electron chi connectivity index (χ2n) is 4.84. The van der Waals surface area contributed by atoms with E-state index in [9.17, 15) is 8.42 Å². The summed E-state index contributed by atoms with van der Waals surface area (Å²) in [6.45, 7) is 9.19. The zero-order valence-electron chi connectivity index (χ0n) is 9.58. The molecule has 0 amide bonds. The monoisotopic (exact) mass is 219 g/mol. The lowest BCUT2D eigenvalue weighted by Gasteiger charge is -2.23. The molecule has 1 atom stereocenters. The molecule has 14 heavy (non-hydrogen) atoms. The van der Waals surface area contributed by atoms with Crippen molar-refractivity contribution in [2.24, 2.45) is 5.41 Å².